The van der Waals surface area contributed by atoms with Crippen LogP contribution in [-0.4, -0.2) is 52.6 Å². The van der Waals surface area contributed by atoms with E-state index in [2.05, 4.69) is 0 Å². The van der Waals surface area contributed by atoms with Crippen molar-refractivity contribution >= 4 is 26.6 Å². The molecule has 0 fully saturated rings. The van der Waals surface area contributed by atoms with Crippen molar-refractivity contribution in [1.82, 2.24) is 0 Å². The zero-order valence-electron chi connectivity index (χ0n) is 25.0. The molecule has 40 heavy (non-hydrogen) atoms. The molecule has 0 aliphatic rings. The van der Waals surface area contributed by atoms with Gasteiger partial charge in [-0.1, -0.05) is 37.1 Å². The van der Waals surface area contributed by atoms with Crippen molar-refractivity contribution in [3.8, 4) is 5.75 Å². The molecule has 0 spiro atoms. The summed E-state index contributed by atoms with van der Waals surface area (Å²) in [5, 5.41) is 0. The summed E-state index contributed by atoms with van der Waals surface area (Å²) in [4.78, 5) is 24.7. The molecular weight excluding hydrogens is 524 g/mol. The molecule has 0 atom stereocenters. The number of hydrogen-bond donors (Lipinski definition) is 0. The molecular formula is C32H46O7Si. The van der Waals surface area contributed by atoms with Crippen LogP contribution in [0.4, 0.5) is 0 Å². The van der Waals surface area contributed by atoms with E-state index >= 15 is 0 Å². The number of carbonyl (C=O) groups excluding carboxylic acids is 2. The average molecular weight is 571 g/mol. The van der Waals surface area contributed by atoms with Gasteiger partial charge in [0.25, 0.3) is 0 Å². The zero-order chi connectivity index (χ0) is 29.4. The summed E-state index contributed by atoms with van der Waals surface area (Å²) in [6, 6.07) is 15.2. The second-order valence-electron chi connectivity index (χ2n) is 10.3. The fraction of sp³-hybridized carbons (Fsp3) is 0.500. The molecule has 0 aromatic heterocycles. The van der Waals surface area contributed by atoms with Crippen molar-refractivity contribution in [1.29, 1.82) is 0 Å². The van der Waals surface area contributed by atoms with Gasteiger partial charge in [0.15, 0.2) is 5.78 Å². The lowest BCUT2D eigenvalue weighted by Gasteiger charge is -2.28. The van der Waals surface area contributed by atoms with E-state index < -0.39 is 20.4 Å². The number of carbonyl (C=O) groups is 2. The Morgan fingerprint density at radius 1 is 0.750 bits per heavy atom. The number of ether oxygens (including phenoxy) is 2. The molecule has 0 N–H and O–H groups in total. The molecule has 0 amide bonds. The van der Waals surface area contributed by atoms with Crippen LogP contribution < -0.4 is 4.74 Å². The number of esters is 1. The lowest BCUT2D eigenvalue weighted by molar-refractivity contribution is -0.148. The minimum absolute atomic E-state index is 0.0694. The third-order valence-electron chi connectivity index (χ3n) is 5.85. The Bertz CT molecular complexity index is 1040. The molecule has 0 heterocycles. The number of benzene rings is 2. The van der Waals surface area contributed by atoms with E-state index in [1.165, 1.54) is 6.08 Å². The Hall–Kier alpha value is -2.78. The average Bonchev–Trinajstić information content (AvgIpc) is 2.91. The molecule has 0 saturated carbocycles. The quantitative estimate of drug-likeness (QED) is 0.0613. The molecule has 0 bridgehead atoms. The molecule has 7 nitrogen and oxygen atoms in total. The van der Waals surface area contributed by atoms with E-state index in [4.69, 9.17) is 22.8 Å². The summed E-state index contributed by atoms with van der Waals surface area (Å²) in [6.07, 6.45) is 7.13. The van der Waals surface area contributed by atoms with E-state index in [1.54, 1.807) is 42.5 Å². The first-order chi connectivity index (χ1) is 19.1. The fourth-order valence-corrected chi connectivity index (χ4v) is 6.79. The maximum Gasteiger partial charge on any atom is 0.500 e. The van der Waals surface area contributed by atoms with Crippen LogP contribution in [-0.2, 0) is 22.8 Å². The summed E-state index contributed by atoms with van der Waals surface area (Å²) >= 11 is 0. The number of hydrogen-bond acceptors (Lipinski definition) is 7. The molecule has 0 saturated heterocycles. The Balaban J connectivity index is 1.76. The van der Waals surface area contributed by atoms with E-state index in [1.807, 2.05) is 53.7 Å². The van der Waals surface area contributed by atoms with Crippen LogP contribution in [0.3, 0.4) is 0 Å². The molecule has 0 aliphatic carbocycles. The van der Waals surface area contributed by atoms with Gasteiger partial charge < -0.3 is 22.8 Å². The molecule has 0 aliphatic heterocycles. The van der Waals surface area contributed by atoms with E-state index in [9.17, 15) is 9.59 Å². The van der Waals surface area contributed by atoms with Crippen LogP contribution in [0.1, 0.15) is 88.7 Å². The molecule has 0 radical (unpaired) electrons. The Morgan fingerprint density at radius 3 is 1.80 bits per heavy atom. The number of unbranched alkanes of at least 4 members (excludes halogenated alkanes) is 3. The third-order valence-corrected chi connectivity index (χ3v) is 9.00. The molecule has 0 unspecified atom stereocenters. The van der Waals surface area contributed by atoms with Gasteiger partial charge in [-0.3, -0.25) is 4.79 Å². The second-order valence-corrected chi connectivity index (χ2v) is 13.1. The highest BCUT2D eigenvalue weighted by Gasteiger charge is 2.39. The van der Waals surface area contributed by atoms with Crippen molar-refractivity contribution in [2.45, 2.75) is 78.9 Å². The van der Waals surface area contributed by atoms with E-state index in [0.29, 0.717) is 37.6 Å². The van der Waals surface area contributed by atoms with Crippen LogP contribution in [0, 0.1) is 0 Å². The Kier molecular flexibility index (Phi) is 14.3. The SMILES string of the molecule is CCO[Si](CCCCCCOc1ccc(C(=O)c2ccc(C=CC(=O)OC(C)(C)C)cc2)cc1)(OCC)OCC. The molecule has 220 valence electrons. The summed E-state index contributed by atoms with van der Waals surface area (Å²) in [5.74, 6) is 0.273. The van der Waals surface area contributed by atoms with Crippen molar-refractivity contribution < 1.29 is 32.3 Å². The first-order valence-electron chi connectivity index (χ1n) is 14.3. The number of rotatable bonds is 18. The molecule has 2 rings (SSSR count). The van der Waals surface area contributed by atoms with Gasteiger partial charge in [0.05, 0.1) is 6.61 Å². The van der Waals surface area contributed by atoms with Crippen LogP contribution in [0.25, 0.3) is 6.08 Å². The highest BCUT2D eigenvalue weighted by Crippen LogP contribution is 2.21. The van der Waals surface area contributed by atoms with Gasteiger partial charge in [0.1, 0.15) is 11.4 Å². The highest BCUT2D eigenvalue weighted by molar-refractivity contribution is 6.60. The highest BCUT2D eigenvalue weighted by atomic mass is 28.4. The van der Waals surface area contributed by atoms with Crippen LogP contribution in [0.15, 0.2) is 54.6 Å². The minimum atomic E-state index is -2.55. The van der Waals surface area contributed by atoms with Crippen molar-refractivity contribution in [3.63, 3.8) is 0 Å². The topological polar surface area (TPSA) is 80.3 Å². The van der Waals surface area contributed by atoms with Crippen LogP contribution in [0.5, 0.6) is 5.75 Å². The Morgan fingerprint density at radius 2 is 1.27 bits per heavy atom. The standard InChI is InChI=1S/C32H46O7Si/c1-7-36-40(37-8-2,38-9-3)25-13-11-10-12-24-35-29-21-19-28(20-22-29)31(34)27-17-14-26(15-18-27)16-23-30(33)39-32(4,5)6/h14-23H,7-13,24-25H2,1-6H3. The molecule has 8 heteroatoms. The van der Waals surface area contributed by atoms with Gasteiger partial charge >= 0.3 is 14.8 Å². The summed E-state index contributed by atoms with van der Waals surface area (Å²) in [6.45, 7) is 13.8. The van der Waals surface area contributed by atoms with Crippen LogP contribution >= 0.6 is 0 Å². The van der Waals surface area contributed by atoms with Gasteiger partial charge in [0.2, 0.25) is 0 Å². The largest absolute Gasteiger partial charge is 0.500 e. The second kappa shape index (κ2) is 17.1. The minimum Gasteiger partial charge on any atom is -0.494 e. The van der Waals surface area contributed by atoms with Crippen molar-refractivity contribution in [2.75, 3.05) is 26.4 Å². The van der Waals surface area contributed by atoms with E-state index in [-0.39, 0.29) is 5.78 Å². The maximum absolute atomic E-state index is 12.9. The molecule has 2 aromatic carbocycles. The van der Waals surface area contributed by atoms with Crippen molar-refractivity contribution in [2.24, 2.45) is 0 Å². The normalized spacial score (nSPS) is 12.1. The first kappa shape index (κ1) is 33.4. The van der Waals surface area contributed by atoms with E-state index in [0.717, 1.165) is 43.0 Å². The lowest BCUT2D eigenvalue weighted by atomic mass is 10.0. The van der Waals surface area contributed by atoms with Crippen molar-refractivity contribution in [3.05, 3.63) is 71.3 Å². The fourth-order valence-electron chi connectivity index (χ4n) is 4.10. The maximum atomic E-state index is 12.9. The van der Waals surface area contributed by atoms with Gasteiger partial charge in [-0.15, -0.1) is 0 Å². The third kappa shape index (κ3) is 12.2. The first-order valence-corrected chi connectivity index (χ1v) is 16.2. The lowest BCUT2D eigenvalue weighted by Crippen LogP contribution is -2.45. The van der Waals surface area contributed by atoms with Gasteiger partial charge in [-0.2, -0.15) is 0 Å². The Labute approximate surface area is 241 Å². The smallest absolute Gasteiger partial charge is 0.494 e. The monoisotopic (exact) mass is 570 g/mol. The van der Waals surface area contributed by atoms with Crippen LogP contribution in [0.2, 0.25) is 6.04 Å². The predicted octanol–water partition coefficient (Wildman–Crippen LogP) is 7.26. The number of ketones is 1. The summed E-state index contributed by atoms with van der Waals surface area (Å²) < 4.78 is 28.9. The van der Waals surface area contributed by atoms with Gasteiger partial charge in [-0.25, -0.2) is 4.79 Å². The van der Waals surface area contributed by atoms with Gasteiger partial charge in [-0.05, 0) is 90.3 Å². The summed E-state index contributed by atoms with van der Waals surface area (Å²) in [7, 11) is -2.55. The van der Waals surface area contributed by atoms with Gasteiger partial charge in [0, 0.05) is 43.1 Å². The summed E-state index contributed by atoms with van der Waals surface area (Å²) in [5.41, 5.74) is 1.44. The molecule has 2 aromatic rings. The zero-order valence-corrected chi connectivity index (χ0v) is 26.0. The predicted molar refractivity (Wildman–Crippen MR) is 161 cm³/mol.